The molecular formula is C14H19N3O2S. The summed E-state index contributed by atoms with van der Waals surface area (Å²) in [4.78, 5) is 20.4. The molecule has 0 unspecified atom stereocenters. The number of carboxylic acid groups (broad SMARTS) is 1. The first kappa shape index (κ1) is 14.7. The van der Waals surface area contributed by atoms with Gasteiger partial charge >= 0.3 is 5.97 Å². The molecule has 0 bridgehead atoms. The number of hydrogen-bond acceptors (Lipinski definition) is 4. The van der Waals surface area contributed by atoms with Gasteiger partial charge in [-0.2, -0.15) is 0 Å². The highest BCUT2D eigenvalue weighted by Crippen LogP contribution is 2.35. The maximum atomic E-state index is 11.4. The number of hydrogen-bond donors (Lipinski definition) is 1. The van der Waals surface area contributed by atoms with Gasteiger partial charge in [0.1, 0.15) is 9.88 Å². The van der Waals surface area contributed by atoms with Crippen LogP contribution in [-0.2, 0) is 5.41 Å². The van der Waals surface area contributed by atoms with Crippen LogP contribution in [0.3, 0.4) is 0 Å². The van der Waals surface area contributed by atoms with Crippen LogP contribution in [0.2, 0.25) is 0 Å². The van der Waals surface area contributed by atoms with E-state index >= 15 is 0 Å². The molecule has 2 rings (SSSR count). The van der Waals surface area contributed by atoms with E-state index in [4.69, 9.17) is 0 Å². The van der Waals surface area contributed by atoms with Gasteiger partial charge in [0.15, 0.2) is 0 Å². The normalized spacial score (nSPS) is 12.1. The fourth-order valence-electron chi connectivity index (χ4n) is 1.96. The Balaban J connectivity index is 2.59. The molecule has 0 amide bonds. The highest BCUT2D eigenvalue weighted by atomic mass is 32.1. The molecule has 5 nitrogen and oxygen atoms in total. The fourth-order valence-corrected chi connectivity index (χ4v) is 3.09. The molecule has 2 heterocycles. The van der Waals surface area contributed by atoms with Crippen molar-refractivity contribution in [1.82, 2.24) is 14.5 Å². The van der Waals surface area contributed by atoms with Gasteiger partial charge in [0, 0.05) is 11.5 Å². The van der Waals surface area contributed by atoms with Crippen LogP contribution in [0, 0.1) is 0 Å². The molecular weight excluding hydrogens is 274 g/mol. The van der Waals surface area contributed by atoms with Gasteiger partial charge < -0.3 is 9.67 Å². The monoisotopic (exact) mass is 293 g/mol. The van der Waals surface area contributed by atoms with E-state index in [1.54, 1.807) is 12.5 Å². The summed E-state index contributed by atoms with van der Waals surface area (Å²) in [6.07, 6.45) is 3.48. The Morgan fingerprint density at radius 1 is 1.40 bits per heavy atom. The lowest BCUT2D eigenvalue weighted by Crippen LogP contribution is -2.16. The number of carbonyl (C=O) groups is 1. The molecule has 108 valence electrons. The minimum Gasteiger partial charge on any atom is -0.477 e. The van der Waals surface area contributed by atoms with Crippen LogP contribution in [0.15, 0.2) is 12.5 Å². The number of carboxylic acids is 1. The molecule has 0 saturated heterocycles. The number of thiazole rings is 1. The van der Waals surface area contributed by atoms with Gasteiger partial charge in [-0.3, -0.25) is 0 Å². The number of aromatic nitrogens is 3. The van der Waals surface area contributed by atoms with E-state index in [2.05, 4.69) is 23.8 Å². The van der Waals surface area contributed by atoms with Crippen LogP contribution in [0.1, 0.15) is 56.0 Å². The molecule has 0 aromatic carbocycles. The van der Waals surface area contributed by atoms with Crippen molar-refractivity contribution in [1.29, 1.82) is 0 Å². The number of imidazole rings is 1. The molecule has 0 aliphatic heterocycles. The van der Waals surface area contributed by atoms with Crippen molar-refractivity contribution in [2.24, 2.45) is 0 Å². The largest absolute Gasteiger partial charge is 0.477 e. The van der Waals surface area contributed by atoms with E-state index in [0.717, 1.165) is 5.69 Å². The Morgan fingerprint density at radius 2 is 2.05 bits per heavy atom. The first-order chi connectivity index (χ1) is 9.21. The average Bonchev–Trinajstić information content (AvgIpc) is 2.94. The van der Waals surface area contributed by atoms with Crippen molar-refractivity contribution in [3.8, 4) is 10.7 Å². The van der Waals surface area contributed by atoms with Crippen molar-refractivity contribution >= 4 is 17.3 Å². The van der Waals surface area contributed by atoms with E-state index in [9.17, 15) is 9.90 Å². The van der Waals surface area contributed by atoms with E-state index in [1.165, 1.54) is 11.3 Å². The maximum absolute atomic E-state index is 11.4. The van der Waals surface area contributed by atoms with Gasteiger partial charge in [-0.25, -0.2) is 14.8 Å². The Kier molecular flexibility index (Phi) is 3.69. The second kappa shape index (κ2) is 5.01. The standard InChI is InChI=1S/C14H19N3O2S/c1-8(2)17-7-15-6-9(17)12-16-11(14(3,4)5)10(20-12)13(18)19/h6-8H,1-5H3,(H,18,19). The lowest BCUT2D eigenvalue weighted by Gasteiger charge is -2.16. The summed E-state index contributed by atoms with van der Waals surface area (Å²) in [5.41, 5.74) is 1.19. The molecule has 0 atom stereocenters. The second-order valence-electron chi connectivity index (χ2n) is 6.03. The van der Waals surface area contributed by atoms with E-state index < -0.39 is 5.97 Å². The summed E-state index contributed by atoms with van der Waals surface area (Å²) in [6.45, 7) is 10.0. The highest BCUT2D eigenvalue weighted by Gasteiger charge is 2.28. The second-order valence-corrected chi connectivity index (χ2v) is 7.03. The van der Waals surface area contributed by atoms with Crippen LogP contribution in [0.25, 0.3) is 10.7 Å². The zero-order valence-electron chi connectivity index (χ0n) is 12.3. The predicted molar refractivity (Wildman–Crippen MR) is 79.4 cm³/mol. The predicted octanol–water partition coefficient (Wildman–Crippen LogP) is 3.58. The van der Waals surface area contributed by atoms with E-state index in [-0.39, 0.29) is 11.5 Å². The summed E-state index contributed by atoms with van der Waals surface area (Å²) in [5.74, 6) is -0.922. The lowest BCUT2D eigenvalue weighted by atomic mass is 9.91. The topological polar surface area (TPSA) is 68.0 Å². The van der Waals surface area contributed by atoms with Gasteiger partial charge in [-0.15, -0.1) is 11.3 Å². The molecule has 2 aromatic rings. The van der Waals surface area contributed by atoms with Gasteiger partial charge in [0.2, 0.25) is 0 Å². The van der Waals surface area contributed by atoms with E-state index in [1.807, 2.05) is 25.3 Å². The maximum Gasteiger partial charge on any atom is 0.347 e. The van der Waals surface area contributed by atoms with Crippen LogP contribution >= 0.6 is 11.3 Å². The van der Waals surface area contributed by atoms with Crippen molar-refractivity contribution in [2.45, 2.75) is 46.1 Å². The van der Waals surface area contributed by atoms with Gasteiger partial charge in [0.05, 0.1) is 23.9 Å². The third-order valence-corrected chi connectivity index (χ3v) is 4.04. The Hall–Kier alpha value is -1.69. The number of nitrogens with zero attached hydrogens (tertiary/aromatic N) is 3. The first-order valence-electron chi connectivity index (χ1n) is 6.48. The first-order valence-corrected chi connectivity index (χ1v) is 7.30. The minimum atomic E-state index is -0.922. The zero-order chi connectivity index (χ0) is 15.1. The molecule has 6 heteroatoms. The van der Waals surface area contributed by atoms with Crippen molar-refractivity contribution in [2.75, 3.05) is 0 Å². The van der Waals surface area contributed by atoms with Crippen LogP contribution in [0.5, 0.6) is 0 Å². The molecule has 0 spiro atoms. The molecule has 2 aromatic heterocycles. The minimum absolute atomic E-state index is 0.253. The number of rotatable bonds is 3. The summed E-state index contributed by atoms with van der Waals surface area (Å²) in [5, 5.41) is 10.1. The number of aromatic carboxylic acids is 1. The van der Waals surface area contributed by atoms with Gasteiger partial charge in [0.25, 0.3) is 0 Å². The Morgan fingerprint density at radius 3 is 2.50 bits per heavy atom. The molecule has 1 N–H and O–H groups in total. The van der Waals surface area contributed by atoms with Crippen molar-refractivity contribution < 1.29 is 9.90 Å². The molecule has 20 heavy (non-hydrogen) atoms. The van der Waals surface area contributed by atoms with Gasteiger partial charge in [-0.1, -0.05) is 20.8 Å². The SMILES string of the molecule is CC(C)n1cncc1-c1nc(C(C)(C)C)c(C(=O)O)s1. The van der Waals surface area contributed by atoms with Crippen molar-refractivity contribution in [3.63, 3.8) is 0 Å². The van der Waals surface area contributed by atoms with Gasteiger partial charge in [-0.05, 0) is 13.8 Å². The summed E-state index contributed by atoms with van der Waals surface area (Å²) >= 11 is 1.21. The third kappa shape index (κ3) is 2.60. The smallest absolute Gasteiger partial charge is 0.347 e. The van der Waals surface area contributed by atoms with Crippen LogP contribution in [-0.4, -0.2) is 25.6 Å². The van der Waals surface area contributed by atoms with Crippen molar-refractivity contribution in [3.05, 3.63) is 23.1 Å². The lowest BCUT2D eigenvalue weighted by molar-refractivity contribution is 0.0699. The quantitative estimate of drug-likeness (QED) is 0.939. The van der Waals surface area contributed by atoms with E-state index in [0.29, 0.717) is 15.6 Å². The molecule has 0 radical (unpaired) electrons. The third-order valence-electron chi connectivity index (χ3n) is 2.97. The highest BCUT2D eigenvalue weighted by molar-refractivity contribution is 7.17. The Bertz CT molecular complexity index is 635. The molecule has 0 saturated carbocycles. The van der Waals surface area contributed by atoms with Crippen LogP contribution in [0.4, 0.5) is 0 Å². The van der Waals surface area contributed by atoms with Crippen LogP contribution < -0.4 is 0 Å². The zero-order valence-corrected chi connectivity index (χ0v) is 13.2. The Labute approximate surface area is 122 Å². The fraction of sp³-hybridized carbons (Fsp3) is 0.500. The summed E-state index contributed by atoms with van der Waals surface area (Å²) in [6, 6.07) is 0.253. The molecule has 0 aliphatic carbocycles. The summed E-state index contributed by atoms with van der Waals surface area (Å²) in [7, 11) is 0. The summed E-state index contributed by atoms with van der Waals surface area (Å²) < 4.78 is 2.00. The average molecular weight is 293 g/mol. The molecule has 0 fully saturated rings. The molecule has 0 aliphatic rings.